The highest BCUT2D eigenvalue weighted by Crippen LogP contribution is 2.26. The van der Waals surface area contributed by atoms with Gasteiger partial charge in [-0.15, -0.1) is 0 Å². The van der Waals surface area contributed by atoms with Gasteiger partial charge in [0.1, 0.15) is 11.6 Å². The van der Waals surface area contributed by atoms with Gasteiger partial charge in [-0.25, -0.2) is 4.98 Å². The van der Waals surface area contributed by atoms with Crippen LogP contribution < -0.4 is 10.2 Å². The number of aromatic nitrogens is 1. The zero-order valence-corrected chi connectivity index (χ0v) is 15.1. The Morgan fingerprint density at radius 1 is 1.12 bits per heavy atom. The van der Waals surface area contributed by atoms with Gasteiger partial charge in [0, 0.05) is 25.8 Å². The number of hydrogen-bond donors (Lipinski definition) is 1. The Labute approximate surface area is 154 Å². The third kappa shape index (κ3) is 3.60. The first-order valence-corrected chi connectivity index (χ1v) is 9.58. The molecule has 0 aliphatic carbocycles. The van der Waals surface area contributed by atoms with Crippen LogP contribution in [0.15, 0.2) is 41.1 Å². The number of furan rings is 1. The van der Waals surface area contributed by atoms with Gasteiger partial charge in [0.05, 0.1) is 17.9 Å². The highest BCUT2D eigenvalue weighted by Gasteiger charge is 2.27. The van der Waals surface area contributed by atoms with Crippen molar-refractivity contribution in [1.29, 1.82) is 0 Å². The molecule has 1 unspecified atom stereocenters. The second kappa shape index (κ2) is 7.91. The molecule has 1 amide bonds. The van der Waals surface area contributed by atoms with E-state index < -0.39 is 0 Å². The average Bonchev–Trinajstić information content (AvgIpc) is 3.44. The van der Waals surface area contributed by atoms with E-state index in [0.717, 1.165) is 50.6 Å². The molecule has 0 saturated carbocycles. The molecule has 26 heavy (non-hydrogen) atoms. The van der Waals surface area contributed by atoms with Gasteiger partial charge >= 0.3 is 0 Å². The third-order valence-corrected chi connectivity index (χ3v) is 5.35. The van der Waals surface area contributed by atoms with Crippen LogP contribution in [-0.4, -0.2) is 48.5 Å². The number of anilines is 1. The highest BCUT2D eigenvalue weighted by molar-refractivity contribution is 5.98. The lowest BCUT2D eigenvalue weighted by atomic mass is 10.1. The van der Waals surface area contributed by atoms with E-state index in [1.165, 1.54) is 12.8 Å². The minimum Gasteiger partial charge on any atom is -0.468 e. The molecule has 6 nitrogen and oxygen atoms in total. The van der Waals surface area contributed by atoms with E-state index in [9.17, 15) is 4.79 Å². The Bertz CT molecular complexity index is 719. The van der Waals surface area contributed by atoms with Gasteiger partial charge in [-0.05, 0) is 63.0 Å². The SMILES string of the molecule is O=C(NCC(c1ccco1)N1CCCC1)c1cccnc1N1CCCC1. The molecule has 6 heteroatoms. The van der Waals surface area contributed by atoms with Crippen LogP contribution >= 0.6 is 0 Å². The van der Waals surface area contributed by atoms with Crippen molar-refractivity contribution in [2.45, 2.75) is 31.7 Å². The van der Waals surface area contributed by atoms with Gasteiger partial charge in [0.2, 0.25) is 0 Å². The molecule has 2 aromatic heterocycles. The number of carbonyl (C=O) groups is 1. The van der Waals surface area contributed by atoms with Crippen LogP contribution in [0.25, 0.3) is 0 Å². The van der Waals surface area contributed by atoms with Crippen molar-refractivity contribution in [2.24, 2.45) is 0 Å². The van der Waals surface area contributed by atoms with Crippen molar-refractivity contribution in [3.63, 3.8) is 0 Å². The van der Waals surface area contributed by atoms with Crippen LogP contribution in [-0.2, 0) is 0 Å². The predicted molar refractivity (Wildman–Crippen MR) is 100 cm³/mol. The molecule has 1 N–H and O–H groups in total. The highest BCUT2D eigenvalue weighted by atomic mass is 16.3. The average molecular weight is 354 g/mol. The maximum Gasteiger partial charge on any atom is 0.255 e. The van der Waals surface area contributed by atoms with Gasteiger partial charge in [0.15, 0.2) is 0 Å². The van der Waals surface area contributed by atoms with Crippen LogP contribution in [0, 0.1) is 0 Å². The monoisotopic (exact) mass is 354 g/mol. The summed E-state index contributed by atoms with van der Waals surface area (Å²) in [6.45, 7) is 4.58. The molecule has 2 saturated heterocycles. The summed E-state index contributed by atoms with van der Waals surface area (Å²) in [6.07, 6.45) is 8.19. The quantitative estimate of drug-likeness (QED) is 0.864. The van der Waals surface area contributed by atoms with Gasteiger partial charge in [0.25, 0.3) is 5.91 Å². The zero-order chi connectivity index (χ0) is 17.8. The minimum absolute atomic E-state index is 0.0595. The van der Waals surface area contributed by atoms with Gasteiger partial charge in [-0.3, -0.25) is 9.69 Å². The van der Waals surface area contributed by atoms with Gasteiger partial charge in [-0.2, -0.15) is 0 Å². The fraction of sp³-hybridized carbons (Fsp3) is 0.500. The summed E-state index contributed by atoms with van der Waals surface area (Å²) < 4.78 is 5.64. The maximum atomic E-state index is 12.9. The Morgan fingerprint density at radius 3 is 2.62 bits per heavy atom. The molecule has 2 fully saturated rings. The van der Waals surface area contributed by atoms with Gasteiger partial charge < -0.3 is 14.6 Å². The van der Waals surface area contributed by atoms with Crippen LogP contribution in [0.2, 0.25) is 0 Å². The van der Waals surface area contributed by atoms with E-state index in [-0.39, 0.29) is 11.9 Å². The number of amides is 1. The predicted octanol–water partition coefficient (Wildman–Crippen LogP) is 2.84. The van der Waals surface area contributed by atoms with E-state index >= 15 is 0 Å². The lowest BCUT2D eigenvalue weighted by Crippen LogP contribution is -2.37. The Balaban J connectivity index is 1.47. The smallest absolute Gasteiger partial charge is 0.255 e. The fourth-order valence-corrected chi connectivity index (χ4v) is 3.98. The topological polar surface area (TPSA) is 61.6 Å². The maximum absolute atomic E-state index is 12.9. The first-order valence-electron chi connectivity index (χ1n) is 9.58. The lowest BCUT2D eigenvalue weighted by molar-refractivity contribution is 0.0934. The second-order valence-electron chi connectivity index (χ2n) is 7.05. The molecule has 0 bridgehead atoms. The number of nitrogens with zero attached hydrogens (tertiary/aromatic N) is 3. The van der Waals surface area contributed by atoms with E-state index in [0.29, 0.717) is 12.1 Å². The third-order valence-electron chi connectivity index (χ3n) is 5.35. The second-order valence-corrected chi connectivity index (χ2v) is 7.05. The number of nitrogens with one attached hydrogen (secondary N) is 1. The summed E-state index contributed by atoms with van der Waals surface area (Å²) in [7, 11) is 0. The van der Waals surface area contributed by atoms with Gasteiger partial charge in [-0.1, -0.05) is 0 Å². The van der Waals surface area contributed by atoms with Crippen LogP contribution in [0.3, 0.4) is 0 Å². The largest absolute Gasteiger partial charge is 0.468 e. The summed E-state index contributed by atoms with van der Waals surface area (Å²) >= 11 is 0. The normalized spacial score (nSPS) is 19.0. The molecule has 0 aromatic carbocycles. The summed E-state index contributed by atoms with van der Waals surface area (Å²) in [5, 5.41) is 3.12. The standard InChI is InChI=1S/C20H26N4O2/c25-20(16-7-5-9-21-19(16)24-12-3-4-13-24)22-15-17(18-8-6-14-26-18)23-10-1-2-11-23/h5-9,14,17H,1-4,10-13,15H2,(H,22,25). The molecule has 1 atom stereocenters. The zero-order valence-electron chi connectivity index (χ0n) is 15.1. The first kappa shape index (κ1) is 17.1. The summed E-state index contributed by atoms with van der Waals surface area (Å²) in [4.78, 5) is 22.0. The van der Waals surface area contributed by atoms with Crippen LogP contribution in [0.1, 0.15) is 47.8 Å². The van der Waals surface area contributed by atoms with Crippen molar-refractivity contribution in [1.82, 2.24) is 15.2 Å². The summed E-state index contributed by atoms with van der Waals surface area (Å²) in [5.41, 5.74) is 0.661. The number of pyridine rings is 1. The van der Waals surface area contributed by atoms with Crippen molar-refractivity contribution >= 4 is 11.7 Å². The van der Waals surface area contributed by atoms with Crippen molar-refractivity contribution in [3.8, 4) is 0 Å². The molecule has 4 heterocycles. The van der Waals surface area contributed by atoms with E-state index in [1.54, 1.807) is 12.5 Å². The number of carbonyl (C=O) groups excluding carboxylic acids is 1. The van der Waals surface area contributed by atoms with Crippen LogP contribution in [0.5, 0.6) is 0 Å². The number of hydrogen-bond acceptors (Lipinski definition) is 5. The molecular formula is C20H26N4O2. The van der Waals surface area contributed by atoms with E-state index in [4.69, 9.17) is 4.42 Å². The molecular weight excluding hydrogens is 328 g/mol. The fourth-order valence-electron chi connectivity index (χ4n) is 3.98. The lowest BCUT2D eigenvalue weighted by Gasteiger charge is -2.26. The van der Waals surface area contributed by atoms with E-state index in [1.807, 2.05) is 24.3 Å². The molecule has 2 aliphatic rings. The molecule has 2 aromatic rings. The molecule has 0 radical (unpaired) electrons. The molecule has 0 spiro atoms. The van der Waals surface area contributed by atoms with E-state index in [2.05, 4.69) is 20.1 Å². The molecule has 2 aliphatic heterocycles. The minimum atomic E-state index is -0.0595. The van der Waals surface area contributed by atoms with Crippen molar-refractivity contribution < 1.29 is 9.21 Å². The Hall–Kier alpha value is -2.34. The van der Waals surface area contributed by atoms with Crippen molar-refractivity contribution in [2.75, 3.05) is 37.6 Å². The molecule has 138 valence electrons. The Kier molecular flexibility index (Phi) is 5.20. The molecule has 4 rings (SSSR count). The number of rotatable bonds is 6. The first-order chi connectivity index (χ1) is 12.8. The number of likely N-dealkylation sites (tertiary alicyclic amines) is 1. The summed E-state index contributed by atoms with van der Waals surface area (Å²) in [6, 6.07) is 7.69. The van der Waals surface area contributed by atoms with Crippen molar-refractivity contribution in [3.05, 3.63) is 48.0 Å². The summed E-state index contributed by atoms with van der Waals surface area (Å²) in [5.74, 6) is 1.66. The Morgan fingerprint density at radius 2 is 1.88 bits per heavy atom. The van der Waals surface area contributed by atoms with Crippen LogP contribution in [0.4, 0.5) is 5.82 Å².